The van der Waals surface area contributed by atoms with Crippen LogP contribution in [0.25, 0.3) is 0 Å². The van der Waals surface area contributed by atoms with E-state index in [2.05, 4.69) is 11.1 Å². The molecule has 30 heavy (non-hydrogen) atoms. The van der Waals surface area contributed by atoms with E-state index in [0.717, 1.165) is 29.7 Å². The van der Waals surface area contributed by atoms with Gasteiger partial charge in [-0.15, -0.1) is 0 Å². The third-order valence-electron chi connectivity index (χ3n) is 6.71. The predicted molar refractivity (Wildman–Crippen MR) is 114 cm³/mol. The van der Waals surface area contributed by atoms with Crippen LogP contribution in [0.1, 0.15) is 30.4 Å². The molecule has 1 spiro atoms. The first kappa shape index (κ1) is 19.3. The molecule has 1 aromatic carbocycles. The highest BCUT2D eigenvalue weighted by atomic mass is 16.5. The van der Waals surface area contributed by atoms with Gasteiger partial charge >= 0.3 is 7.12 Å². The molecule has 4 aliphatic rings. The number of carbonyl (C=O) groups excluding carboxylic acids is 1. The summed E-state index contributed by atoms with van der Waals surface area (Å²) in [4.78, 5) is 19.4. The fourth-order valence-electron chi connectivity index (χ4n) is 4.81. The van der Waals surface area contributed by atoms with E-state index in [-0.39, 0.29) is 11.3 Å². The molecule has 0 radical (unpaired) electrons. The molecule has 1 aromatic rings. The number of nitrogens with zero attached hydrogens (tertiary/aromatic N) is 2. The van der Waals surface area contributed by atoms with Crippen molar-refractivity contribution in [1.29, 1.82) is 0 Å². The van der Waals surface area contributed by atoms with E-state index in [4.69, 9.17) is 10.5 Å². The quantitative estimate of drug-likeness (QED) is 0.651. The molecule has 1 fully saturated rings. The van der Waals surface area contributed by atoms with Gasteiger partial charge in [-0.1, -0.05) is 24.3 Å². The largest absolute Gasteiger partial charge is 0.492 e. The molecule has 1 aliphatic carbocycles. The Morgan fingerprint density at radius 3 is 2.80 bits per heavy atom. The molecule has 8 heteroatoms. The molecule has 3 aliphatic heterocycles. The van der Waals surface area contributed by atoms with Crippen molar-refractivity contribution >= 4 is 18.7 Å². The number of ether oxygens (including phenoxy) is 1. The Hall–Kier alpha value is -2.68. The Labute approximate surface area is 175 Å². The number of piperidine rings is 1. The summed E-state index contributed by atoms with van der Waals surface area (Å²) in [6.45, 7) is 2.47. The van der Waals surface area contributed by atoms with Gasteiger partial charge in [-0.25, -0.2) is 0 Å². The third kappa shape index (κ3) is 3.03. The number of benzene rings is 1. The zero-order valence-corrected chi connectivity index (χ0v) is 16.7. The Morgan fingerprint density at radius 2 is 2.07 bits per heavy atom. The van der Waals surface area contributed by atoms with Crippen LogP contribution in [-0.4, -0.2) is 53.4 Å². The highest BCUT2D eigenvalue weighted by Gasteiger charge is 2.44. The second-order valence-electron chi connectivity index (χ2n) is 8.39. The SMILES string of the molecule is NCc1ccc2c(c1)C1(CCN(C(=O)C3=CN=C4CC(B(O)O)=CC=C34)CC1)CO2. The molecular weight excluding hydrogens is 381 g/mol. The normalized spacial score (nSPS) is 21.2. The molecular formula is C22H24BN3O4. The van der Waals surface area contributed by atoms with E-state index in [1.165, 1.54) is 5.56 Å². The first-order valence-corrected chi connectivity index (χ1v) is 10.3. The van der Waals surface area contributed by atoms with Crippen molar-refractivity contribution in [1.82, 2.24) is 4.90 Å². The number of allylic oxidation sites excluding steroid dienone is 3. The third-order valence-corrected chi connectivity index (χ3v) is 6.71. The van der Waals surface area contributed by atoms with E-state index in [1.807, 2.05) is 17.0 Å². The van der Waals surface area contributed by atoms with Gasteiger partial charge in [-0.05, 0) is 29.9 Å². The molecule has 1 saturated heterocycles. The van der Waals surface area contributed by atoms with Crippen LogP contribution in [-0.2, 0) is 16.8 Å². The Kier molecular flexibility index (Phi) is 4.65. The first-order valence-electron chi connectivity index (χ1n) is 10.3. The maximum absolute atomic E-state index is 13.2. The molecule has 7 nitrogen and oxygen atoms in total. The molecule has 4 N–H and O–H groups in total. The fraction of sp³-hybridized carbons (Fsp3) is 0.364. The van der Waals surface area contributed by atoms with Crippen LogP contribution in [0.5, 0.6) is 5.75 Å². The van der Waals surface area contributed by atoms with Gasteiger partial charge in [-0.3, -0.25) is 9.79 Å². The van der Waals surface area contributed by atoms with Crippen molar-refractivity contribution in [3.63, 3.8) is 0 Å². The number of hydrogen-bond acceptors (Lipinski definition) is 6. The summed E-state index contributed by atoms with van der Waals surface area (Å²) in [6, 6.07) is 6.17. The van der Waals surface area contributed by atoms with Crippen LogP contribution in [0, 0.1) is 0 Å². The van der Waals surface area contributed by atoms with E-state index in [0.29, 0.717) is 49.4 Å². The number of hydrogen-bond donors (Lipinski definition) is 3. The molecule has 5 rings (SSSR count). The van der Waals surface area contributed by atoms with E-state index >= 15 is 0 Å². The standard InChI is InChI=1S/C22H24BN3O4/c24-11-14-1-4-20-18(9-14)22(13-30-20)5-7-26(8-6-22)21(27)17-12-25-19-10-15(23(28)29)2-3-16(17)19/h1-4,9,12,28-29H,5-8,10-11,13,24H2. The molecule has 0 unspecified atom stereocenters. The van der Waals surface area contributed by atoms with Crippen LogP contribution in [0.4, 0.5) is 0 Å². The van der Waals surface area contributed by atoms with Crippen molar-refractivity contribution in [2.75, 3.05) is 19.7 Å². The maximum Gasteiger partial charge on any atom is 0.484 e. The molecule has 0 bridgehead atoms. The smallest absolute Gasteiger partial charge is 0.484 e. The summed E-state index contributed by atoms with van der Waals surface area (Å²) in [7, 11) is -1.50. The van der Waals surface area contributed by atoms with E-state index < -0.39 is 7.12 Å². The summed E-state index contributed by atoms with van der Waals surface area (Å²) in [5.41, 5.74) is 10.7. The van der Waals surface area contributed by atoms with Gasteiger partial charge in [0.05, 0.1) is 17.9 Å². The second-order valence-corrected chi connectivity index (χ2v) is 8.39. The van der Waals surface area contributed by atoms with Gasteiger partial charge in [-0.2, -0.15) is 0 Å². The van der Waals surface area contributed by atoms with Crippen molar-refractivity contribution in [2.24, 2.45) is 10.7 Å². The van der Waals surface area contributed by atoms with Gasteiger partial charge in [0.1, 0.15) is 5.75 Å². The maximum atomic E-state index is 13.2. The second kappa shape index (κ2) is 7.23. The van der Waals surface area contributed by atoms with Crippen molar-refractivity contribution in [2.45, 2.75) is 31.2 Å². The van der Waals surface area contributed by atoms with Crippen molar-refractivity contribution in [3.8, 4) is 5.75 Å². The summed E-state index contributed by atoms with van der Waals surface area (Å²) in [5, 5.41) is 18.7. The van der Waals surface area contributed by atoms with E-state index in [1.54, 1.807) is 18.4 Å². The Balaban J connectivity index is 1.30. The predicted octanol–water partition coefficient (Wildman–Crippen LogP) is 1.00. The monoisotopic (exact) mass is 405 g/mol. The molecule has 1 amide bonds. The van der Waals surface area contributed by atoms with Crippen molar-refractivity contribution in [3.05, 3.63) is 64.3 Å². The molecule has 0 aromatic heterocycles. The highest BCUT2D eigenvalue weighted by Crippen LogP contribution is 2.46. The highest BCUT2D eigenvalue weighted by molar-refractivity contribution is 6.52. The van der Waals surface area contributed by atoms with Gasteiger partial charge < -0.3 is 25.4 Å². The molecule has 154 valence electrons. The number of fused-ring (bicyclic) bond motifs is 3. The van der Waals surface area contributed by atoms with Gasteiger partial charge in [0.25, 0.3) is 5.91 Å². The van der Waals surface area contributed by atoms with Gasteiger partial charge in [0.2, 0.25) is 0 Å². The van der Waals surface area contributed by atoms with Crippen molar-refractivity contribution < 1.29 is 19.6 Å². The summed E-state index contributed by atoms with van der Waals surface area (Å²) >= 11 is 0. The minimum atomic E-state index is -1.50. The fourth-order valence-corrected chi connectivity index (χ4v) is 4.81. The van der Waals surface area contributed by atoms with Crippen LogP contribution >= 0.6 is 0 Å². The molecule has 0 atom stereocenters. The van der Waals surface area contributed by atoms with Gasteiger partial charge in [0.15, 0.2) is 0 Å². The molecule has 3 heterocycles. The summed E-state index contributed by atoms with van der Waals surface area (Å²) in [5.74, 6) is 0.913. The number of carbonyl (C=O) groups is 1. The average molecular weight is 405 g/mol. The average Bonchev–Trinajstić information content (AvgIpc) is 3.35. The minimum absolute atomic E-state index is 0.0221. The lowest BCUT2D eigenvalue weighted by molar-refractivity contribution is -0.128. The summed E-state index contributed by atoms with van der Waals surface area (Å²) in [6.07, 6.45) is 7.07. The first-order chi connectivity index (χ1) is 14.5. The lowest BCUT2D eigenvalue weighted by Crippen LogP contribution is -2.46. The van der Waals surface area contributed by atoms with Crippen LogP contribution in [0.3, 0.4) is 0 Å². The summed E-state index contributed by atoms with van der Waals surface area (Å²) < 4.78 is 5.96. The van der Waals surface area contributed by atoms with Crippen LogP contribution < -0.4 is 10.5 Å². The van der Waals surface area contributed by atoms with Crippen LogP contribution in [0.15, 0.2) is 58.2 Å². The zero-order chi connectivity index (χ0) is 20.9. The number of likely N-dealkylation sites (tertiary alicyclic amines) is 1. The molecule has 0 saturated carbocycles. The lowest BCUT2D eigenvalue weighted by atomic mass is 9.72. The number of nitrogens with two attached hydrogens (primary N) is 1. The minimum Gasteiger partial charge on any atom is -0.492 e. The number of rotatable bonds is 3. The zero-order valence-electron chi connectivity index (χ0n) is 16.7. The Morgan fingerprint density at radius 1 is 1.27 bits per heavy atom. The topological polar surface area (TPSA) is 108 Å². The number of aliphatic imine (C=N–C) groups is 1. The van der Waals surface area contributed by atoms with Crippen LogP contribution in [0.2, 0.25) is 0 Å². The van der Waals surface area contributed by atoms with Gasteiger partial charge in [0, 0.05) is 48.8 Å². The Bertz CT molecular complexity index is 1030. The van der Waals surface area contributed by atoms with E-state index in [9.17, 15) is 14.8 Å². The lowest BCUT2D eigenvalue weighted by Gasteiger charge is -2.39. The number of amides is 1.